The number of hydrogen-bond donors (Lipinski definition) is 1. The van der Waals surface area contributed by atoms with E-state index in [9.17, 15) is 13.2 Å². The molecule has 1 amide bonds. The van der Waals surface area contributed by atoms with Crippen LogP contribution in [-0.2, 0) is 20.2 Å². The van der Waals surface area contributed by atoms with Crippen molar-refractivity contribution in [1.29, 1.82) is 0 Å². The summed E-state index contributed by atoms with van der Waals surface area (Å²) in [6.07, 6.45) is 1.43. The molecule has 0 heterocycles. The Bertz CT molecular complexity index is 995. The van der Waals surface area contributed by atoms with Crippen LogP contribution < -0.4 is 14.4 Å². The van der Waals surface area contributed by atoms with Gasteiger partial charge in [0.1, 0.15) is 11.8 Å². The highest BCUT2D eigenvalue weighted by Crippen LogP contribution is 2.27. The molecule has 0 spiro atoms. The van der Waals surface area contributed by atoms with E-state index in [1.165, 1.54) is 17.0 Å². The van der Waals surface area contributed by atoms with Crippen molar-refractivity contribution in [2.45, 2.75) is 58.5 Å². The van der Waals surface area contributed by atoms with E-state index in [-0.39, 0.29) is 17.4 Å². The predicted octanol–water partition coefficient (Wildman–Crippen LogP) is 4.41. The molecule has 0 unspecified atom stereocenters. The molecule has 2 atom stereocenters. The standard InChI is InChI=1S/C24H34N2O4S/c1-8-22(26(31(7,28)29)20-10-9-11-21(16-20)30-6)23(27)25-17(2)18-12-14-19(15-13-18)24(3,4)5/h9-17,22H,8H2,1-7H3,(H,25,27)/t17-,22-/m1/s1. The monoisotopic (exact) mass is 446 g/mol. The quantitative estimate of drug-likeness (QED) is 0.651. The van der Waals surface area contributed by atoms with Crippen molar-refractivity contribution in [3.63, 3.8) is 0 Å². The predicted molar refractivity (Wildman–Crippen MR) is 126 cm³/mol. The van der Waals surface area contributed by atoms with Gasteiger partial charge in [0.2, 0.25) is 15.9 Å². The van der Waals surface area contributed by atoms with Crippen LogP contribution in [0.5, 0.6) is 5.75 Å². The lowest BCUT2D eigenvalue weighted by Crippen LogP contribution is -2.49. The summed E-state index contributed by atoms with van der Waals surface area (Å²) in [6.45, 7) is 10.1. The van der Waals surface area contributed by atoms with E-state index >= 15 is 0 Å². The van der Waals surface area contributed by atoms with Crippen LogP contribution in [0, 0.1) is 0 Å². The molecular weight excluding hydrogens is 412 g/mol. The highest BCUT2D eigenvalue weighted by Gasteiger charge is 2.32. The van der Waals surface area contributed by atoms with Gasteiger partial charge in [0.05, 0.1) is 25.1 Å². The molecule has 0 fully saturated rings. The summed E-state index contributed by atoms with van der Waals surface area (Å²) in [5.41, 5.74) is 2.61. The summed E-state index contributed by atoms with van der Waals surface area (Å²) in [5.74, 6) is 0.178. The van der Waals surface area contributed by atoms with Crippen LogP contribution in [0.4, 0.5) is 5.69 Å². The molecule has 7 heteroatoms. The fourth-order valence-corrected chi connectivity index (χ4v) is 4.68. The van der Waals surface area contributed by atoms with E-state index < -0.39 is 16.1 Å². The molecule has 0 radical (unpaired) electrons. The molecule has 6 nitrogen and oxygen atoms in total. The summed E-state index contributed by atoms with van der Waals surface area (Å²) in [5, 5.41) is 2.98. The Morgan fingerprint density at radius 3 is 2.23 bits per heavy atom. The number of methoxy groups -OCH3 is 1. The van der Waals surface area contributed by atoms with Gasteiger partial charge in [0, 0.05) is 6.07 Å². The molecule has 2 rings (SSSR count). The molecule has 0 bridgehead atoms. The van der Waals surface area contributed by atoms with Crippen molar-refractivity contribution < 1.29 is 17.9 Å². The first-order valence-corrected chi connectivity index (χ1v) is 12.3. The Kier molecular flexibility index (Phi) is 7.76. The number of sulfonamides is 1. The number of hydrogen-bond acceptors (Lipinski definition) is 4. The van der Waals surface area contributed by atoms with Crippen molar-refractivity contribution in [3.05, 3.63) is 59.7 Å². The number of nitrogens with zero attached hydrogens (tertiary/aromatic N) is 1. The summed E-state index contributed by atoms with van der Waals surface area (Å²) in [6, 6.07) is 13.7. The molecule has 2 aromatic rings. The fraction of sp³-hybridized carbons (Fsp3) is 0.458. The van der Waals surface area contributed by atoms with Crippen molar-refractivity contribution in [2.24, 2.45) is 0 Å². The number of anilines is 1. The maximum Gasteiger partial charge on any atom is 0.244 e. The average molecular weight is 447 g/mol. The van der Waals surface area contributed by atoms with Crippen LogP contribution in [0.2, 0.25) is 0 Å². The fourth-order valence-electron chi connectivity index (χ4n) is 3.47. The zero-order valence-electron chi connectivity index (χ0n) is 19.5. The molecule has 2 aromatic carbocycles. The lowest BCUT2D eigenvalue weighted by Gasteiger charge is -2.31. The summed E-state index contributed by atoms with van der Waals surface area (Å²) < 4.78 is 31.6. The first-order valence-electron chi connectivity index (χ1n) is 10.4. The van der Waals surface area contributed by atoms with Crippen LogP contribution in [0.1, 0.15) is 58.2 Å². The summed E-state index contributed by atoms with van der Waals surface area (Å²) in [7, 11) is -2.19. The smallest absolute Gasteiger partial charge is 0.244 e. The van der Waals surface area contributed by atoms with Crippen molar-refractivity contribution in [2.75, 3.05) is 17.7 Å². The second-order valence-corrected chi connectivity index (χ2v) is 10.6. The third-order valence-corrected chi connectivity index (χ3v) is 6.45. The van der Waals surface area contributed by atoms with Gasteiger partial charge >= 0.3 is 0 Å². The van der Waals surface area contributed by atoms with Crippen molar-refractivity contribution >= 4 is 21.6 Å². The van der Waals surface area contributed by atoms with Gasteiger partial charge in [-0.3, -0.25) is 9.10 Å². The Morgan fingerprint density at radius 1 is 1.13 bits per heavy atom. The molecule has 0 saturated carbocycles. The molecule has 0 aromatic heterocycles. The SMILES string of the molecule is CC[C@H](C(=O)N[C@H](C)c1ccc(C(C)(C)C)cc1)N(c1cccc(OC)c1)S(C)(=O)=O. The molecule has 170 valence electrons. The highest BCUT2D eigenvalue weighted by molar-refractivity contribution is 7.92. The van der Waals surface area contributed by atoms with Gasteiger partial charge in [-0.1, -0.05) is 58.0 Å². The van der Waals surface area contributed by atoms with Gasteiger partial charge in [0.25, 0.3) is 0 Å². The van der Waals surface area contributed by atoms with Crippen LogP contribution in [0.15, 0.2) is 48.5 Å². The molecule has 0 aliphatic carbocycles. The Hall–Kier alpha value is -2.54. The minimum Gasteiger partial charge on any atom is -0.497 e. The number of amides is 1. The molecule has 31 heavy (non-hydrogen) atoms. The topological polar surface area (TPSA) is 75.7 Å². The van der Waals surface area contributed by atoms with E-state index in [1.54, 1.807) is 31.2 Å². The lowest BCUT2D eigenvalue weighted by molar-refractivity contribution is -0.122. The summed E-state index contributed by atoms with van der Waals surface area (Å²) >= 11 is 0. The largest absolute Gasteiger partial charge is 0.497 e. The Morgan fingerprint density at radius 2 is 1.74 bits per heavy atom. The maximum atomic E-state index is 13.2. The lowest BCUT2D eigenvalue weighted by atomic mass is 9.86. The van der Waals surface area contributed by atoms with Crippen LogP contribution in [-0.4, -0.2) is 33.7 Å². The first kappa shape index (κ1) is 24.7. The number of ether oxygens (including phenoxy) is 1. The van der Waals surface area contributed by atoms with Gasteiger partial charge in [-0.15, -0.1) is 0 Å². The molecule has 0 aliphatic rings. The minimum atomic E-state index is -3.70. The van der Waals surface area contributed by atoms with Gasteiger partial charge in [-0.2, -0.15) is 0 Å². The zero-order valence-corrected chi connectivity index (χ0v) is 20.3. The number of benzene rings is 2. The van der Waals surface area contributed by atoms with Gasteiger partial charge < -0.3 is 10.1 Å². The Labute approximate surface area is 186 Å². The van der Waals surface area contributed by atoms with E-state index in [1.807, 2.05) is 19.1 Å². The van der Waals surface area contributed by atoms with Crippen molar-refractivity contribution in [1.82, 2.24) is 5.32 Å². The average Bonchev–Trinajstić information content (AvgIpc) is 2.70. The Balaban J connectivity index is 2.29. The van der Waals surface area contributed by atoms with E-state index in [4.69, 9.17) is 4.74 Å². The second-order valence-electron chi connectivity index (χ2n) is 8.79. The van der Waals surface area contributed by atoms with Crippen LogP contribution in [0.25, 0.3) is 0 Å². The molecule has 1 N–H and O–H groups in total. The minimum absolute atomic E-state index is 0.0467. The van der Waals surface area contributed by atoms with Gasteiger partial charge in [0.15, 0.2) is 0 Å². The zero-order chi connectivity index (χ0) is 23.4. The van der Waals surface area contributed by atoms with Crippen molar-refractivity contribution in [3.8, 4) is 5.75 Å². The first-order chi connectivity index (χ1) is 14.4. The highest BCUT2D eigenvalue weighted by atomic mass is 32.2. The number of rotatable bonds is 8. The van der Waals surface area contributed by atoms with E-state index in [2.05, 4.69) is 38.2 Å². The van der Waals surface area contributed by atoms with Gasteiger partial charge in [-0.05, 0) is 42.0 Å². The maximum absolute atomic E-state index is 13.2. The normalized spacial score (nSPS) is 13.9. The van der Waals surface area contributed by atoms with Crippen LogP contribution in [0.3, 0.4) is 0 Å². The van der Waals surface area contributed by atoms with Gasteiger partial charge in [-0.25, -0.2) is 8.42 Å². The van der Waals surface area contributed by atoms with Crippen LogP contribution >= 0.6 is 0 Å². The second kappa shape index (κ2) is 9.73. The third-order valence-electron chi connectivity index (χ3n) is 5.27. The van der Waals surface area contributed by atoms with E-state index in [0.717, 1.165) is 11.8 Å². The van der Waals surface area contributed by atoms with E-state index in [0.29, 0.717) is 17.9 Å². The number of nitrogens with one attached hydrogen (secondary N) is 1. The summed E-state index contributed by atoms with van der Waals surface area (Å²) in [4.78, 5) is 13.2. The number of carbonyl (C=O) groups excluding carboxylic acids is 1. The molecular formula is C24H34N2O4S. The third kappa shape index (κ3) is 6.23. The number of carbonyl (C=O) groups is 1. The molecule has 0 aliphatic heterocycles. The molecule has 0 saturated heterocycles.